The van der Waals surface area contributed by atoms with Crippen LogP contribution in [0.2, 0.25) is 0 Å². The third kappa shape index (κ3) is 3.87. The fraction of sp³-hybridized carbons (Fsp3) is 0.710. The number of carbonyl (C=O) groups is 1. The summed E-state index contributed by atoms with van der Waals surface area (Å²) in [6.07, 6.45) is 10.7. The molecule has 1 unspecified atom stereocenters. The minimum atomic E-state index is -2.67. The number of ether oxygens (including phenoxy) is 2. The van der Waals surface area contributed by atoms with Crippen molar-refractivity contribution in [2.24, 2.45) is 28.6 Å². The van der Waals surface area contributed by atoms with Gasteiger partial charge in [0.1, 0.15) is 0 Å². The van der Waals surface area contributed by atoms with E-state index in [-0.39, 0.29) is 29.8 Å². The van der Waals surface area contributed by atoms with Crippen molar-refractivity contribution in [1.82, 2.24) is 0 Å². The van der Waals surface area contributed by atoms with Crippen LogP contribution in [0.5, 0.6) is 0 Å². The second kappa shape index (κ2) is 8.64. The Balaban J connectivity index is 1.25. The second-order valence-corrected chi connectivity index (χ2v) is 12.7. The Kier molecular flexibility index (Phi) is 5.90. The van der Waals surface area contributed by atoms with Crippen LogP contribution in [0.25, 0.3) is 0 Å². The summed E-state index contributed by atoms with van der Waals surface area (Å²) < 4.78 is 43.0. The minimum absolute atomic E-state index is 0.00970. The summed E-state index contributed by atoms with van der Waals surface area (Å²) in [4.78, 5) is 13.2. The van der Waals surface area contributed by atoms with Crippen LogP contribution in [-0.2, 0) is 20.7 Å². The Morgan fingerprint density at radius 2 is 1.72 bits per heavy atom. The molecule has 0 heterocycles. The van der Waals surface area contributed by atoms with Gasteiger partial charge in [-0.2, -0.15) is 0 Å². The van der Waals surface area contributed by atoms with E-state index in [4.69, 9.17) is 9.47 Å². The van der Waals surface area contributed by atoms with E-state index in [0.29, 0.717) is 49.5 Å². The molecule has 6 atom stereocenters. The molecule has 0 saturated heterocycles. The van der Waals surface area contributed by atoms with Crippen LogP contribution in [0.1, 0.15) is 90.0 Å². The molecule has 6 rings (SSSR count). The number of fused-ring (bicyclic) bond motifs is 5. The molecule has 0 spiro atoms. The molecule has 196 valence electrons. The zero-order valence-corrected chi connectivity index (χ0v) is 21.7. The van der Waals surface area contributed by atoms with Gasteiger partial charge in [-0.25, -0.2) is 8.78 Å². The Labute approximate surface area is 214 Å². The summed E-state index contributed by atoms with van der Waals surface area (Å²) in [6, 6.07) is 10.0. The molecule has 4 saturated carbocycles. The highest BCUT2D eigenvalue weighted by atomic mass is 19.3. The molecule has 36 heavy (non-hydrogen) atoms. The highest BCUT2D eigenvalue weighted by molar-refractivity contribution is 5.70. The maximum absolute atomic E-state index is 15.0. The first kappa shape index (κ1) is 24.6. The molecule has 0 N–H and O–H groups in total. The number of allylic oxidation sites excluding steroid dienone is 2. The lowest BCUT2D eigenvalue weighted by Crippen LogP contribution is -2.58. The summed E-state index contributed by atoms with van der Waals surface area (Å²) in [6.45, 7) is 4.38. The predicted molar refractivity (Wildman–Crippen MR) is 134 cm³/mol. The highest BCUT2D eigenvalue weighted by Crippen LogP contribution is 2.69. The van der Waals surface area contributed by atoms with Gasteiger partial charge in [0.25, 0.3) is 5.92 Å². The molecule has 5 aliphatic carbocycles. The van der Waals surface area contributed by atoms with Gasteiger partial charge in [-0.3, -0.25) is 4.79 Å². The summed E-state index contributed by atoms with van der Waals surface area (Å²) in [5.74, 6) is -2.80. The van der Waals surface area contributed by atoms with Crippen molar-refractivity contribution in [2.45, 2.75) is 109 Å². The number of benzene rings is 1. The number of esters is 1. The molecule has 0 radical (unpaired) electrons. The Morgan fingerprint density at radius 3 is 2.47 bits per heavy atom. The number of alkyl halides is 2. The van der Waals surface area contributed by atoms with Gasteiger partial charge in [-0.05, 0) is 86.5 Å². The molecule has 4 fully saturated rings. The number of aryl methyl sites for hydroxylation is 1. The van der Waals surface area contributed by atoms with E-state index in [1.807, 2.05) is 36.4 Å². The lowest BCUT2D eigenvalue weighted by Gasteiger charge is -2.59. The van der Waals surface area contributed by atoms with E-state index in [0.717, 1.165) is 44.1 Å². The molecule has 0 bridgehead atoms. The number of rotatable bonds is 6. The van der Waals surface area contributed by atoms with E-state index in [1.54, 1.807) is 0 Å². The average molecular weight is 499 g/mol. The van der Waals surface area contributed by atoms with Crippen molar-refractivity contribution in [3.63, 3.8) is 0 Å². The minimum Gasteiger partial charge on any atom is -0.432 e. The third-order valence-electron chi connectivity index (χ3n) is 10.7. The van der Waals surface area contributed by atoms with Crippen LogP contribution in [0.4, 0.5) is 8.78 Å². The fourth-order valence-corrected chi connectivity index (χ4v) is 8.72. The molecule has 5 heteroatoms. The van der Waals surface area contributed by atoms with Gasteiger partial charge in [0.05, 0.1) is 6.10 Å². The number of halogens is 2. The van der Waals surface area contributed by atoms with Crippen molar-refractivity contribution in [2.75, 3.05) is 0 Å². The molecular weight excluding hydrogens is 458 g/mol. The maximum atomic E-state index is 15.0. The van der Waals surface area contributed by atoms with Crippen molar-refractivity contribution in [3.05, 3.63) is 47.5 Å². The Bertz CT molecular complexity index is 1030. The molecule has 5 aliphatic rings. The van der Waals surface area contributed by atoms with Gasteiger partial charge >= 0.3 is 5.97 Å². The predicted octanol–water partition coefficient (Wildman–Crippen LogP) is 7.64. The van der Waals surface area contributed by atoms with Crippen molar-refractivity contribution >= 4 is 5.97 Å². The quantitative estimate of drug-likeness (QED) is 0.230. The van der Waals surface area contributed by atoms with Gasteiger partial charge in [-0.15, -0.1) is 0 Å². The van der Waals surface area contributed by atoms with Crippen molar-refractivity contribution < 1.29 is 23.0 Å². The van der Waals surface area contributed by atoms with Crippen LogP contribution in [0, 0.1) is 28.6 Å². The molecule has 3 nitrogen and oxygen atoms in total. The van der Waals surface area contributed by atoms with E-state index >= 15 is 0 Å². The van der Waals surface area contributed by atoms with E-state index in [9.17, 15) is 13.6 Å². The van der Waals surface area contributed by atoms with Crippen LogP contribution < -0.4 is 0 Å². The van der Waals surface area contributed by atoms with Gasteiger partial charge in [0.15, 0.2) is 0 Å². The number of carbonyl (C=O) groups excluding carboxylic acids is 1. The third-order valence-corrected chi connectivity index (χ3v) is 10.7. The lowest BCUT2D eigenvalue weighted by molar-refractivity contribution is -0.291. The smallest absolute Gasteiger partial charge is 0.308 e. The van der Waals surface area contributed by atoms with Crippen molar-refractivity contribution in [1.29, 1.82) is 0 Å². The van der Waals surface area contributed by atoms with E-state index < -0.39 is 17.1 Å². The summed E-state index contributed by atoms with van der Waals surface area (Å²) in [7, 11) is 0. The normalized spacial score (nSPS) is 41.0. The zero-order valence-electron chi connectivity index (χ0n) is 21.7. The number of hydrogen-bond acceptors (Lipinski definition) is 3. The second-order valence-electron chi connectivity index (χ2n) is 12.7. The summed E-state index contributed by atoms with van der Waals surface area (Å²) in [5, 5.41) is 0. The average Bonchev–Trinajstić information content (AvgIpc) is 3.60. The van der Waals surface area contributed by atoms with Gasteiger partial charge < -0.3 is 9.47 Å². The largest absolute Gasteiger partial charge is 0.432 e. The van der Waals surface area contributed by atoms with Gasteiger partial charge in [0, 0.05) is 30.3 Å². The first-order chi connectivity index (χ1) is 17.2. The van der Waals surface area contributed by atoms with Crippen LogP contribution >= 0.6 is 0 Å². The first-order valence-electron chi connectivity index (χ1n) is 14.2. The summed E-state index contributed by atoms with van der Waals surface area (Å²) >= 11 is 0. The van der Waals surface area contributed by atoms with Gasteiger partial charge in [-0.1, -0.05) is 50.3 Å². The van der Waals surface area contributed by atoms with Crippen LogP contribution in [0.3, 0.4) is 0 Å². The molecule has 0 aliphatic heterocycles. The molecule has 0 amide bonds. The Hall–Kier alpha value is -1.75. The van der Waals surface area contributed by atoms with Gasteiger partial charge in [0.2, 0.25) is 5.79 Å². The molecular formula is C31H40F2O3. The fourth-order valence-electron chi connectivity index (χ4n) is 8.72. The standard InChI is InChI=1S/C31H40F2O3/c1-28-17-6-18-30(32,33)26(28)13-12-23-24(28)15-19-29(2)25(23)16-20-31(29,35-22-10-11-22)36-27(34)14-9-21-7-4-3-5-8-21/h3-5,7-8,13,22-25H,6,9-12,14-20H2,1-2H3/t23-,24-,25+,28-,29+,31?/m1/s1. The maximum Gasteiger partial charge on any atom is 0.308 e. The zero-order chi connectivity index (χ0) is 25.2. The SMILES string of the molecule is C[C@]12CCCC(F)(F)C1=CC[C@@H]1[C@H]2CC[C@@]2(C)[C@H]1CCC2(OC(=O)CCc1ccccc1)OC1CC1. The molecule has 0 aromatic heterocycles. The first-order valence-corrected chi connectivity index (χ1v) is 14.2. The van der Waals surface area contributed by atoms with Crippen LogP contribution in [0.15, 0.2) is 42.0 Å². The topological polar surface area (TPSA) is 35.5 Å². The monoisotopic (exact) mass is 498 g/mol. The van der Waals surface area contributed by atoms with Crippen LogP contribution in [-0.4, -0.2) is 23.8 Å². The lowest BCUT2D eigenvalue weighted by atomic mass is 9.47. The highest BCUT2D eigenvalue weighted by Gasteiger charge is 2.68. The Morgan fingerprint density at radius 1 is 0.972 bits per heavy atom. The van der Waals surface area contributed by atoms with E-state index in [1.165, 1.54) is 0 Å². The van der Waals surface area contributed by atoms with E-state index in [2.05, 4.69) is 13.8 Å². The number of hydrogen-bond donors (Lipinski definition) is 0. The molecule has 1 aromatic carbocycles. The summed E-state index contributed by atoms with van der Waals surface area (Å²) in [5.41, 5.74) is 0.848. The van der Waals surface area contributed by atoms with Crippen molar-refractivity contribution in [3.8, 4) is 0 Å². The molecule has 1 aromatic rings.